The summed E-state index contributed by atoms with van der Waals surface area (Å²) in [6.45, 7) is 4.59. The molecule has 9 heavy (non-hydrogen) atoms. The molecule has 0 heteroatoms. The first-order chi connectivity index (χ1) is 4.33. The Kier molecular flexibility index (Phi) is 2.56. The Morgan fingerprint density at radius 1 is 1.56 bits per heavy atom. The van der Waals surface area contributed by atoms with Crippen molar-refractivity contribution < 1.29 is 0 Å². The third-order valence-corrected chi connectivity index (χ3v) is 2.31. The van der Waals surface area contributed by atoms with Gasteiger partial charge in [0.05, 0.1) is 0 Å². The highest BCUT2D eigenvalue weighted by molar-refractivity contribution is 4.93. The highest BCUT2D eigenvalue weighted by Gasteiger charge is 2.19. The zero-order valence-electron chi connectivity index (χ0n) is 6.61. The van der Waals surface area contributed by atoms with Crippen LogP contribution in [0.5, 0.6) is 0 Å². The SMILES string of the molecule is CCCC1CC[C](C)C1. The molecular formula is C9H17. The lowest BCUT2D eigenvalue weighted by Gasteiger charge is -2.04. The van der Waals surface area contributed by atoms with Gasteiger partial charge in [0.1, 0.15) is 0 Å². The molecule has 1 rings (SSSR count). The van der Waals surface area contributed by atoms with Gasteiger partial charge in [-0.2, -0.15) is 0 Å². The average Bonchev–Trinajstić information content (AvgIpc) is 2.17. The van der Waals surface area contributed by atoms with Gasteiger partial charge in [0.25, 0.3) is 0 Å². The van der Waals surface area contributed by atoms with Gasteiger partial charge in [-0.15, -0.1) is 0 Å². The molecule has 1 aliphatic carbocycles. The molecule has 1 radical (unpaired) electrons. The summed E-state index contributed by atoms with van der Waals surface area (Å²) in [5, 5.41) is 0. The maximum Gasteiger partial charge on any atom is -0.0269 e. The van der Waals surface area contributed by atoms with Crippen LogP contribution in [0.4, 0.5) is 0 Å². The molecule has 0 aromatic rings. The van der Waals surface area contributed by atoms with Crippen molar-refractivity contribution >= 4 is 0 Å². The highest BCUT2D eigenvalue weighted by atomic mass is 14.2. The van der Waals surface area contributed by atoms with Crippen molar-refractivity contribution in [1.82, 2.24) is 0 Å². The molecule has 0 nitrogen and oxygen atoms in total. The first kappa shape index (κ1) is 7.11. The Labute approximate surface area is 58.7 Å². The lowest BCUT2D eigenvalue weighted by atomic mass is 10.0. The van der Waals surface area contributed by atoms with Crippen LogP contribution in [-0.2, 0) is 0 Å². The van der Waals surface area contributed by atoms with Crippen LogP contribution in [-0.4, -0.2) is 0 Å². The number of hydrogen-bond acceptors (Lipinski definition) is 0. The predicted octanol–water partition coefficient (Wildman–Crippen LogP) is 3.18. The average molecular weight is 125 g/mol. The minimum absolute atomic E-state index is 1.05. The summed E-state index contributed by atoms with van der Waals surface area (Å²) in [4.78, 5) is 0. The second kappa shape index (κ2) is 3.24. The Bertz CT molecular complexity index is 74.1. The Balaban J connectivity index is 2.14. The van der Waals surface area contributed by atoms with Crippen LogP contribution in [0.2, 0.25) is 0 Å². The van der Waals surface area contributed by atoms with E-state index in [1.807, 2.05) is 0 Å². The van der Waals surface area contributed by atoms with E-state index < -0.39 is 0 Å². The van der Waals surface area contributed by atoms with E-state index in [2.05, 4.69) is 13.8 Å². The second-order valence-electron chi connectivity index (χ2n) is 3.35. The molecule has 0 heterocycles. The maximum atomic E-state index is 2.30. The van der Waals surface area contributed by atoms with E-state index in [9.17, 15) is 0 Å². The van der Waals surface area contributed by atoms with Crippen LogP contribution >= 0.6 is 0 Å². The normalized spacial score (nSPS) is 29.3. The van der Waals surface area contributed by atoms with Crippen LogP contribution in [0.3, 0.4) is 0 Å². The predicted molar refractivity (Wildman–Crippen MR) is 41.2 cm³/mol. The quantitative estimate of drug-likeness (QED) is 0.531. The molecule has 0 spiro atoms. The Hall–Kier alpha value is 0. The summed E-state index contributed by atoms with van der Waals surface area (Å²) in [6.07, 6.45) is 7.13. The molecule has 0 bridgehead atoms. The first-order valence-electron chi connectivity index (χ1n) is 4.14. The standard InChI is InChI=1S/C9H17/c1-3-4-9-6-5-8(2)7-9/h9H,3-7H2,1-2H3. The van der Waals surface area contributed by atoms with Crippen molar-refractivity contribution in [2.75, 3.05) is 0 Å². The lowest BCUT2D eigenvalue weighted by molar-refractivity contribution is 0.499. The molecular weight excluding hydrogens is 108 g/mol. The maximum absolute atomic E-state index is 2.30. The van der Waals surface area contributed by atoms with Crippen LogP contribution < -0.4 is 0 Å². The van der Waals surface area contributed by atoms with E-state index in [1.54, 1.807) is 5.92 Å². The molecule has 0 N–H and O–H groups in total. The molecule has 0 aromatic heterocycles. The number of hydrogen-bond donors (Lipinski definition) is 0. The van der Waals surface area contributed by atoms with Gasteiger partial charge >= 0.3 is 0 Å². The highest BCUT2D eigenvalue weighted by Crippen LogP contribution is 2.34. The summed E-state index contributed by atoms with van der Waals surface area (Å²) in [5.41, 5.74) is 0. The molecule has 0 aromatic carbocycles. The van der Waals surface area contributed by atoms with Crippen molar-refractivity contribution in [1.29, 1.82) is 0 Å². The lowest BCUT2D eigenvalue weighted by Crippen LogP contribution is -1.91. The van der Waals surface area contributed by atoms with E-state index in [1.165, 1.54) is 32.1 Å². The van der Waals surface area contributed by atoms with Crippen LogP contribution in [0.25, 0.3) is 0 Å². The smallest absolute Gasteiger partial charge is 0.0269 e. The summed E-state index contributed by atoms with van der Waals surface area (Å²) >= 11 is 0. The molecule has 53 valence electrons. The summed E-state index contributed by atoms with van der Waals surface area (Å²) < 4.78 is 0. The third kappa shape index (κ3) is 2.00. The molecule has 0 aliphatic heterocycles. The Morgan fingerprint density at radius 3 is 2.78 bits per heavy atom. The van der Waals surface area contributed by atoms with Crippen LogP contribution in [0.15, 0.2) is 0 Å². The fourth-order valence-corrected chi connectivity index (χ4v) is 1.80. The van der Waals surface area contributed by atoms with E-state index >= 15 is 0 Å². The topological polar surface area (TPSA) is 0 Å². The first-order valence-corrected chi connectivity index (χ1v) is 4.14. The summed E-state index contributed by atoms with van der Waals surface area (Å²) in [7, 11) is 0. The van der Waals surface area contributed by atoms with Gasteiger partial charge in [0.15, 0.2) is 0 Å². The van der Waals surface area contributed by atoms with Gasteiger partial charge < -0.3 is 0 Å². The van der Waals surface area contributed by atoms with Crippen molar-refractivity contribution in [2.45, 2.75) is 46.0 Å². The summed E-state index contributed by atoms with van der Waals surface area (Å²) in [5.74, 6) is 2.78. The fraction of sp³-hybridized carbons (Fsp3) is 0.889. The van der Waals surface area contributed by atoms with E-state index in [4.69, 9.17) is 0 Å². The molecule has 0 amide bonds. The van der Waals surface area contributed by atoms with Gasteiger partial charge in [0.2, 0.25) is 0 Å². The minimum atomic E-state index is 1.05. The molecule has 0 saturated heterocycles. The van der Waals surface area contributed by atoms with Crippen LogP contribution in [0.1, 0.15) is 46.0 Å². The molecule has 1 aliphatic rings. The van der Waals surface area contributed by atoms with E-state index in [0.717, 1.165) is 5.92 Å². The Morgan fingerprint density at radius 2 is 2.33 bits per heavy atom. The van der Waals surface area contributed by atoms with Gasteiger partial charge in [-0.25, -0.2) is 0 Å². The molecule has 1 atom stereocenters. The zero-order valence-corrected chi connectivity index (χ0v) is 6.61. The van der Waals surface area contributed by atoms with Crippen molar-refractivity contribution in [3.05, 3.63) is 5.92 Å². The second-order valence-corrected chi connectivity index (χ2v) is 3.35. The monoisotopic (exact) mass is 125 g/mol. The van der Waals surface area contributed by atoms with Crippen molar-refractivity contribution in [3.63, 3.8) is 0 Å². The van der Waals surface area contributed by atoms with Gasteiger partial charge in [-0.1, -0.05) is 26.7 Å². The molecule has 1 fully saturated rings. The van der Waals surface area contributed by atoms with Gasteiger partial charge in [-0.3, -0.25) is 0 Å². The third-order valence-electron chi connectivity index (χ3n) is 2.31. The fourth-order valence-electron chi connectivity index (χ4n) is 1.80. The molecule has 1 saturated carbocycles. The van der Waals surface area contributed by atoms with E-state index in [0.29, 0.717) is 0 Å². The zero-order chi connectivity index (χ0) is 6.69. The van der Waals surface area contributed by atoms with E-state index in [-0.39, 0.29) is 0 Å². The number of rotatable bonds is 2. The summed E-state index contributed by atoms with van der Waals surface area (Å²) in [6, 6.07) is 0. The van der Waals surface area contributed by atoms with Gasteiger partial charge in [-0.05, 0) is 31.1 Å². The largest absolute Gasteiger partial charge is 0.0654 e. The minimum Gasteiger partial charge on any atom is -0.0654 e. The van der Waals surface area contributed by atoms with Gasteiger partial charge in [0, 0.05) is 0 Å². The van der Waals surface area contributed by atoms with Crippen molar-refractivity contribution in [2.24, 2.45) is 5.92 Å². The van der Waals surface area contributed by atoms with Crippen molar-refractivity contribution in [3.8, 4) is 0 Å². The van der Waals surface area contributed by atoms with Crippen LogP contribution in [0, 0.1) is 11.8 Å². The molecule has 1 unspecified atom stereocenters.